The molecule has 1 aromatic rings. The van der Waals surface area contributed by atoms with Crippen molar-refractivity contribution < 1.29 is 9.47 Å². The van der Waals surface area contributed by atoms with E-state index in [2.05, 4.69) is 46.8 Å². The molecule has 3 nitrogen and oxygen atoms in total. The Morgan fingerprint density at radius 2 is 1.59 bits per heavy atom. The molecule has 0 aliphatic carbocycles. The molecule has 2 atom stereocenters. The number of hydrogen-bond acceptors (Lipinski definition) is 3. The maximum atomic E-state index is 6.43. The van der Waals surface area contributed by atoms with E-state index in [1.54, 1.807) is 0 Å². The van der Waals surface area contributed by atoms with E-state index in [1.807, 2.05) is 26.0 Å². The Morgan fingerprint density at radius 1 is 1.05 bits per heavy atom. The van der Waals surface area contributed by atoms with Crippen LogP contribution in [0.4, 0.5) is 0 Å². The van der Waals surface area contributed by atoms with E-state index in [-0.39, 0.29) is 17.2 Å². The third-order valence-electron chi connectivity index (χ3n) is 3.70. The fourth-order valence-electron chi connectivity index (χ4n) is 2.66. The molecule has 3 heteroatoms. The lowest BCUT2D eigenvalue weighted by Gasteiger charge is -2.36. The lowest BCUT2D eigenvalue weighted by atomic mass is 9.73. The lowest BCUT2D eigenvalue weighted by Crippen LogP contribution is -2.41. The maximum absolute atomic E-state index is 6.43. The molecule has 0 radical (unpaired) electrons. The van der Waals surface area contributed by atoms with Gasteiger partial charge in [-0.25, -0.2) is 0 Å². The second-order valence-electron chi connectivity index (χ2n) is 7.85. The normalized spacial score (nSPS) is 15.5. The highest BCUT2D eigenvalue weighted by Gasteiger charge is 2.30. The van der Waals surface area contributed by atoms with Gasteiger partial charge in [-0.15, -0.1) is 0 Å². The van der Waals surface area contributed by atoms with Gasteiger partial charge >= 0.3 is 0 Å². The summed E-state index contributed by atoms with van der Waals surface area (Å²) in [5, 5.41) is 0. The highest BCUT2D eigenvalue weighted by Crippen LogP contribution is 2.37. The Labute approximate surface area is 136 Å². The molecule has 0 fully saturated rings. The minimum Gasteiger partial charge on any atom is -0.465 e. The molecule has 0 amide bonds. The number of hydrogen-bond donors (Lipinski definition) is 1. The summed E-state index contributed by atoms with van der Waals surface area (Å²) in [5.41, 5.74) is 7.67. The Bertz CT molecular complexity index is 440. The summed E-state index contributed by atoms with van der Waals surface area (Å²) in [5.74, 6) is 1.14. The van der Waals surface area contributed by atoms with Gasteiger partial charge in [0.25, 0.3) is 0 Å². The Morgan fingerprint density at radius 3 is 2.00 bits per heavy atom. The fraction of sp³-hybridized carbons (Fsp3) is 0.684. The lowest BCUT2D eigenvalue weighted by molar-refractivity contribution is -0.0613. The van der Waals surface area contributed by atoms with Crippen LogP contribution in [0.15, 0.2) is 24.3 Å². The average Bonchev–Trinajstić information content (AvgIpc) is 2.35. The standard InChI is InChI=1S/C19H33NO2/c1-8-21-14(2)22-16-11-9-15(10-12-16)17(19(6,7)20)13-18(3,4)5/h9-12,14,17H,8,13,20H2,1-7H3. The predicted molar refractivity (Wildman–Crippen MR) is 93.2 cm³/mol. The molecule has 22 heavy (non-hydrogen) atoms. The molecule has 0 heterocycles. The largest absolute Gasteiger partial charge is 0.465 e. The van der Waals surface area contributed by atoms with Gasteiger partial charge in [-0.2, -0.15) is 0 Å². The third kappa shape index (κ3) is 6.37. The zero-order chi connectivity index (χ0) is 17.0. The van der Waals surface area contributed by atoms with Crippen LogP contribution in [0.25, 0.3) is 0 Å². The zero-order valence-electron chi connectivity index (χ0n) is 15.3. The monoisotopic (exact) mass is 307 g/mol. The number of rotatable bonds is 7. The first kappa shape index (κ1) is 19.0. The van der Waals surface area contributed by atoms with Crippen LogP contribution in [0.3, 0.4) is 0 Å². The number of ether oxygens (including phenoxy) is 2. The molecule has 0 spiro atoms. The quantitative estimate of drug-likeness (QED) is 0.742. The van der Waals surface area contributed by atoms with Crippen molar-refractivity contribution in [1.29, 1.82) is 0 Å². The Kier molecular flexibility index (Phi) is 6.45. The summed E-state index contributed by atoms with van der Waals surface area (Å²) < 4.78 is 11.1. The Balaban J connectivity index is 2.89. The van der Waals surface area contributed by atoms with Crippen molar-refractivity contribution in [3.05, 3.63) is 29.8 Å². The molecule has 126 valence electrons. The molecule has 2 N–H and O–H groups in total. The van der Waals surface area contributed by atoms with E-state index in [0.717, 1.165) is 12.2 Å². The zero-order valence-corrected chi connectivity index (χ0v) is 15.3. The minimum atomic E-state index is -0.256. The van der Waals surface area contributed by atoms with Crippen LogP contribution < -0.4 is 10.5 Å². The third-order valence-corrected chi connectivity index (χ3v) is 3.70. The molecule has 0 aliphatic rings. The van der Waals surface area contributed by atoms with E-state index in [9.17, 15) is 0 Å². The topological polar surface area (TPSA) is 44.5 Å². The van der Waals surface area contributed by atoms with Crippen LogP contribution in [0.2, 0.25) is 0 Å². The van der Waals surface area contributed by atoms with Gasteiger partial charge in [-0.05, 0) is 57.2 Å². The second-order valence-corrected chi connectivity index (χ2v) is 7.85. The second kappa shape index (κ2) is 7.47. The summed E-state index contributed by atoms with van der Waals surface area (Å²) >= 11 is 0. The van der Waals surface area contributed by atoms with Gasteiger partial charge in [-0.3, -0.25) is 0 Å². The van der Waals surface area contributed by atoms with E-state index in [1.165, 1.54) is 5.56 Å². The molecule has 0 aromatic heterocycles. The van der Waals surface area contributed by atoms with Crippen molar-refractivity contribution in [3.8, 4) is 5.75 Å². The van der Waals surface area contributed by atoms with Crippen LogP contribution in [0.1, 0.15) is 66.4 Å². The van der Waals surface area contributed by atoms with Crippen molar-refractivity contribution in [1.82, 2.24) is 0 Å². The molecule has 0 saturated carbocycles. The van der Waals surface area contributed by atoms with Gasteiger partial charge in [0.2, 0.25) is 0 Å². The van der Waals surface area contributed by atoms with Gasteiger partial charge in [0.05, 0.1) is 0 Å². The van der Waals surface area contributed by atoms with Crippen LogP contribution in [-0.2, 0) is 4.74 Å². The summed E-state index contributed by atoms with van der Waals surface area (Å²) in [6.45, 7) is 15.5. The van der Waals surface area contributed by atoms with Crippen LogP contribution in [0, 0.1) is 5.41 Å². The van der Waals surface area contributed by atoms with E-state index in [4.69, 9.17) is 15.2 Å². The molecule has 0 bridgehead atoms. The summed E-state index contributed by atoms with van der Waals surface area (Å²) in [6, 6.07) is 8.26. The SMILES string of the molecule is CCOC(C)Oc1ccc(C(CC(C)(C)C)C(C)(C)N)cc1. The first-order chi connectivity index (χ1) is 10.0. The number of benzene rings is 1. The fourth-order valence-corrected chi connectivity index (χ4v) is 2.66. The number of nitrogens with two attached hydrogens (primary N) is 1. The van der Waals surface area contributed by atoms with E-state index < -0.39 is 0 Å². The first-order valence-corrected chi connectivity index (χ1v) is 8.20. The molecular formula is C19H33NO2. The van der Waals surface area contributed by atoms with Gasteiger partial charge in [0, 0.05) is 18.1 Å². The van der Waals surface area contributed by atoms with Crippen molar-refractivity contribution in [2.75, 3.05) is 6.61 Å². The highest BCUT2D eigenvalue weighted by molar-refractivity contribution is 5.31. The van der Waals surface area contributed by atoms with Crippen molar-refractivity contribution in [2.45, 2.75) is 72.6 Å². The summed E-state index contributed by atoms with van der Waals surface area (Å²) in [4.78, 5) is 0. The summed E-state index contributed by atoms with van der Waals surface area (Å²) in [6.07, 6.45) is 0.818. The van der Waals surface area contributed by atoms with E-state index >= 15 is 0 Å². The molecule has 2 unspecified atom stereocenters. The summed E-state index contributed by atoms with van der Waals surface area (Å²) in [7, 11) is 0. The van der Waals surface area contributed by atoms with Gasteiger partial charge < -0.3 is 15.2 Å². The molecule has 1 aromatic carbocycles. The van der Waals surface area contributed by atoms with Crippen molar-refractivity contribution >= 4 is 0 Å². The van der Waals surface area contributed by atoms with Crippen molar-refractivity contribution in [3.63, 3.8) is 0 Å². The van der Waals surface area contributed by atoms with Crippen LogP contribution in [-0.4, -0.2) is 18.4 Å². The molecular weight excluding hydrogens is 274 g/mol. The van der Waals surface area contributed by atoms with Crippen LogP contribution >= 0.6 is 0 Å². The smallest absolute Gasteiger partial charge is 0.196 e. The van der Waals surface area contributed by atoms with E-state index in [0.29, 0.717) is 12.5 Å². The molecule has 0 saturated heterocycles. The Hall–Kier alpha value is -1.06. The highest BCUT2D eigenvalue weighted by atomic mass is 16.7. The predicted octanol–water partition coefficient (Wildman–Crippen LogP) is 4.71. The average molecular weight is 307 g/mol. The maximum Gasteiger partial charge on any atom is 0.196 e. The molecule has 1 rings (SSSR count). The van der Waals surface area contributed by atoms with Gasteiger partial charge in [0.1, 0.15) is 5.75 Å². The minimum absolute atomic E-state index is 0.229. The van der Waals surface area contributed by atoms with Crippen LogP contribution in [0.5, 0.6) is 5.75 Å². The van der Waals surface area contributed by atoms with Crippen molar-refractivity contribution in [2.24, 2.45) is 11.1 Å². The first-order valence-electron chi connectivity index (χ1n) is 8.20. The molecule has 0 aliphatic heterocycles. The van der Waals surface area contributed by atoms with Gasteiger partial charge in [-0.1, -0.05) is 32.9 Å². The van der Waals surface area contributed by atoms with Gasteiger partial charge in [0.15, 0.2) is 6.29 Å².